The zero-order chi connectivity index (χ0) is 8.39. The van der Waals surface area contributed by atoms with Crippen LogP contribution in [0.2, 0.25) is 0 Å². The highest BCUT2D eigenvalue weighted by Crippen LogP contribution is 2.13. The van der Waals surface area contributed by atoms with Gasteiger partial charge in [0.2, 0.25) is 0 Å². The minimum absolute atomic E-state index is 0. The molecule has 1 aromatic heterocycles. The third-order valence-corrected chi connectivity index (χ3v) is 1.85. The minimum Gasteiger partial charge on any atom is -0.373 e. The molecule has 0 atom stereocenters. The number of pyridine rings is 1. The van der Waals surface area contributed by atoms with Crippen molar-refractivity contribution in [3.05, 3.63) is 36.4 Å². The third kappa shape index (κ3) is 1.90. The predicted molar refractivity (Wildman–Crippen MR) is 58.5 cm³/mol. The number of halogens is 1. The molecule has 0 aliphatic heterocycles. The molecule has 0 radical (unpaired) electrons. The van der Waals surface area contributed by atoms with E-state index in [2.05, 4.69) is 22.4 Å². The Kier molecular flexibility index (Phi) is 3.09. The summed E-state index contributed by atoms with van der Waals surface area (Å²) in [6.07, 6.45) is 0. The van der Waals surface area contributed by atoms with Crippen LogP contribution in [0.25, 0.3) is 10.9 Å². The summed E-state index contributed by atoms with van der Waals surface area (Å²) >= 11 is 0. The first-order valence-electron chi connectivity index (χ1n) is 3.94. The summed E-state index contributed by atoms with van der Waals surface area (Å²) in [5.41, 5.74) is 1.03. The zero-order valence-electron chi connectivity index (χ0n) is 7.32. The molecule has 2 rings (SSSR count). The molecule has 0 bridgehead atoms. The fourth-order valence-corrected chi connectivity index (χ4v) is 1.21. The van der Waals surface area contributed by atoms with Crippen molar-refractivity contribution in [1.29, 1.82) is 0 Å². The number of aromatic nitrogens is 1. The number of benzene rings is 1. The van der Waals surface area contributed by atoms with Gasteiger partial charge in [0.05, 0.1) is 5.52 Å². The van der Waals surface area contributed by atoms with Gasteiger partial charge in [0.15, 0.2) is 0 Å². The fourth-order valence-electron chi connectivity index (χ4n) is 1.21. The van der Waals surface area contributed by atoms with E-state index >= 15 is 0 Å². The van der Waals surface area contributed by atoms with E-state index in [1.165, 1.54) is 5.39 Å². The van der Waals surface area contributed by atoms with Crippen molar-refractivity contribution < 1.29 is 0 Å². The molecule has 0 unspecified atom stereocenters. The Labute approximate surface area is 83.4 Å². The lowest BCUT2D eigenvalue weighted by molar-refractivity contribution is 1.34. The predicted octanol–water partition coefficient (Wildman–Crippen LogP) is 2.70. The molecule has 1 aromatic carbocycles. The van der Waals surface area contributed by atoms with E-state index < -0.39 is 0 Å². The maximum absolute atomic E-state index is 4.38. The third-order valence-electron chi connectivity index (χ3n) is 1.85. The van der Waals surface area contributed by atoms with E-state index in [1.54, 1.807) is 0 Å². The summed E-state index contributed by atoms with van der Waals surface area (Å²) in [6.45, 7) is 0. The van der Waals surface area contributed by atoms with Crippen molar-refractivity contribution in [2.45, 2.75) is 0 Å². The highest BCUT2D eigenvalue weighted by molar-refractivity contribution is 5.85. The monoisotopic (exact) mass is 194 g/mol. The molecule has 0 saturated carbocycles. The van der Waals surface area contributed by atoms with Gasteiger partial charge >= 0.3 is 0 Å². The minimum atomic E-state index is 0. The Morgan fingerprint density at radius 1 is 1.08 bits per heavy atom. The van der Waals surface area contributed by atoms with Gasteiger partial charge in [0, 0.05) is 12.4 Å². The number of hydrogen-bond acceptors (Lipinski definition) is 2. The molecular weight excluding hydrogens is 184 g/mol. The normalized spacial score (nSPS) is 9.31. The van der Waals surface area contributed by atoms with Crippen molar-refractivity contribution in [1.82, 2.24) is 4.98 Å². The quantitative estimate of drug-likeness (QED) is 0.755. The van der Waals surface area contributed by atoms with E-state index in [0.29, 0.717) is 0 Å². The lowest BCUT2D eigenvalue weighted by Crippen LogP contribution is -1.91. The second-order valence-corrected chi connectivity index (χ2v) is 2.64. The molecular formula is C10H11ClN2. The number of fused-ring (bicyclic) bond motifs is 1. The number of nitrogens with zero attached hydrogens (tertiary/aromatic N) is 1. The Morgan fingerprint density at radius 2 is 1.85 bits per heavy atom. The lowest BCUT2D eigenvalue weighted by atomic mass is 10.2. The summed E-state index contributed by atoms with van der Waals surface area (Å²) in [5.74, 6) is 0.911. The average molecular weight is 195 g/mol. The van der Waals surface area contributed by atoms with Crippen LogP contribution in [0.15, 0.2) is 36.4 Å². The smallest absolute Gasteiger partial charge is 0.126 e. The summed E-state index contributed by atoms with van der Waals surface area (Å²) in [5, 5.41) is 4.19. The molecule has 0 spiro atoms. The van der Waals surface area contributed by atoms with Crippen LogP contribution in [-0.2, 0) is 0 Å². The van der Waals surface area contributed by atoms with E-state index in [9.17, 15) is 0 Å². The first kappa shape index (κ1) is 9.81. The Morgan fingerprint density at radius 3 is 2.62 bits per heavy atom. The van der Waals surface area contributed by atoms with Gasteiger partial charge in [-0.2, -0.15) is 0 Å². The Bertz CT molecular complexity index is 401. The van der Waals surface area contributed by atoms with Crippen molar-refractivity contribution >= 4 is 29.1 Å². The van der Waals surface area contributed by atoms with Crippen LogP contribution in [0.1, 0.15) is 0 Å². The molecule has 0 amide bonds. The van der Waals surface area contributed by atoms with Gasteiger partial charge < -0.3 is 5.32 Å². The fraction of sp³-hybridized carbons (Fsp3) is 0.100. The van der Waals surface area contributed by atoms with Crippen molar-refractivity contribution in [2.24, 2.45) is 0 Å². The molecule has 2 nitrogen and oxygen atoms in total. The number of nitrogens with one attached hydrogen (secondary N) is 1. The zero-order valence-corrected chi connectivity index (χ0v) is 8.14. The molecule has 0 fully saturated rings. The topological polar surface area (TPSA) is 24.9 Å². The Hall–Kier alpha value is -1.28. The van der Waals surface area contributed by atoms with Gasteiger partial charge in [-0.3, -0.25) is 0 Å². The summed E-state index contributed by atoms with van der Waals surface area (Å²) in [6, 6.07) is 12.1. The van der Waals surface area contributed by atoms with E-state index in [1.807, 2.05) is 31.3 Å². The van der Waals surface area contributed by atoms with E-state index in [0.717, 1.165) is 11.3 Å². The number of hydrogen-bond donors (Lipinski definition) is 1. The van der Waals surface area contributed by atoms with Gasteiger partial charge in [-0.15, -0.1) is 12.4 Å². The molecule has 1 heterocycles. The van der Waals surface area contributed by atoms with Gasteiger partial charge in [-0.25, -0.2) is 4.98 Å². The SMILES string of the molecule is CNc1ccc2ccccc2n1.Cl. The lowest BCUT2D eigenvalue weighted by Gasteiger charge is -2.00. The molecule has 68 valence electrons. The van der Waals surface area contributed by atoms with Crippen LogP contribution in [0.5, 0.6) is 0 Å². The molecule has 0 aliphatic carbocycles. The highest BCUT2D eigenvalue weighted by Gasteiger charge is 1.93. The van der Waals surface area contributed by atoms with Crippen LogP contribution in [0.3, 0.4) is 0 Å². The van der Waals surface area contributed by atoms with Crippen molar-refractivity contribution in [3.8, 4) is 0 Å². The van der Waals surface area contributed by atoms with Crippen LogP contribution >= 0.6 is 12.4 Å². The summed E-state index contributed by atoms with van der Waals surface area (Å²) in [4.78, 5) is 4.38. The average Bonchev–Trinajstić information content (AvgIpc) is 2.17. The first-order chi connectivity index (χ1) is 5.90. The van der Waals surface area contributed by atoms with Gasteiger partial charge in [-0.1, -0.05) is 18.2 Å². The van der Waals surface area contributed by atoms with Crippen LogP contribution in [-0.4, -0.2) is 12.0 Å². The molecule has 0 aliphatic rings. The van der Waals surface area contributed by atoms with Crippen LogP contribution in [0, 0.1) is 0 Å². The largest absolute Gasteiger partial charge is 0.373 e. The first-order valence-corrected chi connectivity index (χ1v) is 3.94. The van der Waals surface area contributed by atoms with Gasteiger partial charge in [-0.05, 0) is 18.2 Å². The highest BCUT2D eigenvalue weighted by atomic mass is 35.5. The Balaban J connectivity index is 0.000000845. The second-order valence-electron chi connectivity index (χ2n) is 2.64. The number of para-hydroxylation sites is 1. The molecule has 3 heteroatoms. The maximum atomic E-state index is 4.38. The van der Waals surface area contributed by atoms with Crippen molar-refractivity contribution in [2.75, 3.05) is 12.4 Å². The summed E-state index contributed by atoms with van der Waals surface area (Å²) in [7, 11) is 1.87. The summed E-state index contributed by atoms with van der Waals surface area (Å²) < 4.78 is 0. The molecule has 13 heavy (non-hydrogen) atoms. The van der Waals surface area contributed by atoms with Crippen molar-refractivity contribution in [3.63, 3.8) is 0 Å². The second kappa shape index (κ2) is 4.10. The van der Waals surface area contributed by atoms with Crippen LogP contribution < -0.4 is 5.32 Å². The standard InChI is InChI=1S/C10H10N2.ClH/c1-11-10-7-6-8-4-2-3-5-9(8)12-10;/h2-7H,1H3,(H,11,12);1H. The number of anilines is 1. The van der Waals surface area contributed by atoms with Crippen LogP contribution in [0.4, 0.5) is 5.82 Å². The maximum Gasteiger partial charge on any atom is 0.126 e. The molecule has 2 aromatic rings. The van der Waals surface area contributed by atoms with Gasteiger partial charge in [0.25, 0.3) is 0 Å². The molecule has 0 saturated heterocycles. The number of rotatable bonds is 1. The van der Waals surface area contributed by atoms with E-state index in [4.69, 9.17) is 0 Å². The van der Waals surface area contributed by atoms with E-state index in [-0.39, 0.29) is 12.4 Å². The van der Waals surface area contributed by atoms with Gasteiger partial charge in [0.1, 0.15) is 5.82 Å². The molecule has 1 N–H and O–H groups in total.